The van der Waals surface area contributed by atoms with Gasteiger partial charge in [-0.05, 0) is 30.7 Å². The Balaban J connectivity index is 2.21. The summed E-state index contributed by atoms with van der Waals surface area (Å²) in [5, 5.41) is 2.95. The van der Waals surface area contributed by atoms with Crippen LogP contribution < -0.4 is 10.2 Å². The largest absolute Gasteiger partial charge is 0.378 e. The highest BCUT2D eigenvalue weighted by Gasteiger charge is 2.02. The number of carbonyl (C=O) groups is 1. The van der Waals surface area contributed by atoms with Gasteiger partial charge in [0.1, 0.15) is 0 Å². The molecule has 0 aromatic heterocycles. The molecule has 1 aromatic carbocycles. The lowest BCUT2D eigenvalue weighted by molar-refractivity contribution is -0.116. The van der Waals surface area contributed by atoms with Gasteiger partial charge in [0, 0.05) is 31.9 Å². The Labute approximate surface area is 123 Å². The van der Waals surface area contributed by atoms with Crippen molar-refractivity contribution in [3.05, 3.63) is 24.3 Å². The Morgan fingerprint density at radius 1 is 1.00 bits per heavy atom. The summed E-state index contributed by atoms with van der Waals surface area (Å²) >= 11 is 0. The van der Waals surface area contributed by atoms with Gasteiger partial charge < -0.3 is 10.2 Å². The first-order valence-corrected chi connectivity index (χ1v) is 7.70. The molecule has 3 nitrogen and oxygen atoms in total. The highest BCUT2D eigenvalue weighted by molar-refractivity contribution is 5.90. The van der Waals surface area contributed by atoms with E-state index in [1.165, 1.54) is 25.7 Å². The van der Waals surface area contributed by atoms with Gasteiger partial charge in [-0.15, -0.1) is 0 Å². The highest BCUT2D eigenvalue weighted by Crippen LogP contribution is 2.16. The van der Waals surface area contributed by atoms with Gasteiger partial charge in [-0.1, -0.05) is 39.0 Å². The number of carbonyl (C=O) groups excluding carboxylic acids is 1. The fourth-order valence-electron chi connectivity index (χ4n) is 2.13. The zero-order chi connectivity index (χ0) is 14.8. The lowest BCUT2D eigenvalue weighted by Crippen LogP contribution is -2.12. The van der Waals surface area contributed by atoms with Gasteiger partial charge in [-0.3, -0.25) is 4.79 Å². The molecule has 0 saturated heterocycles. The fourth-order valence-corrected chi connectivity index (χ4v) is 2.13. The third kappa shape index (κ3) is 6.60. The maximum Gasteiger partial charge on any atom is 0.224 e. The van der Waals surface area contributed by atoms with Crippen molar-refractivity contribution in [3.63, 3.8) is 0 Å². The van der Waals surface area contributed by atoms with Gasteiger partial charge in [0.25, 0.3) is 0 Å². The Morgan fingerprint density at radius 2 is 1.60 bits per heavy atom. The fraction of sp³-hybridized carbons (Fsp3) is 0.588. The number of anilines is 2. The van der Waals surface area contributed by atoms with E-state index in [2.05, 4.69) is 12.2 Å². The molecule has 1 amide bonds. The minimum absolute atomic E-state index is 0.123. The number of hydrogen-bond donors (Lipinski definition) is 1. The minimum Gasteiger partial charge on any atom is -0.378 e. The van der Waals surface area contributed by atoms with E-state index in [4.69, 9.17) is 0 Å². The van der Waals surface area contributed by atoms with Crippen LogP contribution in [0.1, 0.15) is 51.9 Å². The van der Waals surface area contributed by atoms with Crippen molar-refractivity contribution >= 4 is 17.3 Å². The maximum absolute atomic E-state index is 11.8. The van der Waals surface area contributed by atoms with Gasteiger partial charge in [0.05, 0.1) is 0 Å². The van der Waals surface area contributed by atoms with Gasteiger partial charge >= 0.3 is 0 Å². The first-order chi connectivity index (χ1) is 9.63. The lowest BCUT2D eigenvalue weighted by atomic mass is 10.1. The molecule has 112 valence electrons. The number of nitrogens with one attached hydrogen (secondary N) is 1. The molecule has 0 spiro atoms. The molecule has 1 aromatic rings. The number of rotatable bonds is 9. The molecule has 0 saturated carbocycles. The molecular weight excluding hydrogens is 248 g/mol. The summed E-state index contributed by atoms with van der Waals surface area (Å²) in [6, 6.07) is 7.93. The van der Waals surface area contributed by atoms with E-state index in [0.29, 0.717) is 6.42 Å². The molecule has 0 unspecified atom stereocenters. The summed E-state index contributed by atoms with van der Waals surface area (Å²) in [4.78, 5) is 13.8. The SMILES string of the molecule is CCCCCCCCC(=O)Nc1ccc(N(C)C)cc1. The van der Waals surface area contributed by atoms with E-state index in [0.717, 1.165) is 24.2 Å². The van der Waals surface area contributed by atoms with Crippen LogP contribution in [0.5, 0.6) is 0 Å². The molecule has 0 aliphatic rings. The number of nitrogens with zero attached hydrogens (tertiary/aromatic N) is 1. The second kappa shape index (κ2) is 9.40. The molecule has 0 aliphatic heterocycles. The van der Waals surface area contributed by atoms with E-state index in [1.807, 2.05) is 43.3 Å². The summed E-state index contributed by atoms with van der Waals surface area (Å²) in [7, 11) is 4.01. The third-order valence-electron chi connectivity index (χ3n) is 3.42. The summed E-state index contributed by atoms with van der Waals surface area (Å²) in [6.45, 7) is 2.22. The third-order valence-corrected chi connectivity index (χ3v) is 3.42. The zero-order valence-electron chi connectivity index (χ0n) is 13.1. The van der Waals surface area contributed by atoms with Crippen LogP contribution in [0, 0.1) is 0 Å². The molecule has 20 heavy (non-hydrogen) atoms. The van der Waals surface area contributed by atoms with Crippen molar-refractivity contribution in [1.29, 1.82) is 0 Å². The molecular formula is C17H28N2O. The van der Waals surface area contributed by atoms with Crippen molar-refractivity contribution in [3.8, 4) is 0 Å². The second-order valence-electron chi connectivity index (χ2n) is 5.51. The molecule has 0 fully saturated rings. The number of hydrogen-bond acceptors (Lipinski definition) is 2. The van der Waals surface area contributed by atoms with E-state index in [9.17, 15) is 4.79 Å². The van der Waals surface area contributed by atoms with E-state index in [-0.39, 0.29) is 5.91 Å². The molecule has 0 heterocycles. The predicted molar refractivity (Wildman–Crippen MR) is 87.4 cm³/mol. The molecule has 3 heteroatoms. The van der Waals surface area contributed by atoms with E-state index >= 15 is 0 Å². The average Bonchev–Trinajstić information content (AvgIpc) is 2.43. The molecule has 0 bridgehead atoms. The van der Waals surface area contributed by atoms with Gasteiger partial charge in [0.2, 0.25) is 5.91 Å². The minimum atomic E-state index is 0.123. The van der Waals surface area contributed by atoms with Crippen LogP contribution in [0.2, 0.25) is 0 Å². The van der Waals surface area contributed by atoms with Crippen molar-refractivity contribution in [1.82, 2.24) is 0 Å². The average molecular weight is 276 g/mol. The monoisotopic (exact) mass is 276 g/mol. The molecule has 0 atom stereocenters. The highest BCUT2D eigenvalue weighted by atomic mass is 16.1. The number of amides is 1. The Bertz CT molecular complexity index is 384. The Hall–Kier alpha value is -1.51. The van der Waals surface area contributed by atoms with Crippen LogP contribution in [0.15, 0.2) is 24.3 Å². The lowest BCUT2D eigenvalue weighted by Gasteiger charge is -2.13. The second-order valence-corrected chi connectivity index (χ2v) is 5.51. The smallest absolute Gasteiger partial charge is 0.224 e. The maximum atomic E-state index is 11.8. The first-order valence-electron chi connectivity index (χ1n) is 7.70. The summed E-state index contributed by atoms with van der Waals surface area (Å²) in [5.41, 5.74) is 2.02. The molecule has 1 rings (SSSR count). The number of unbranched alkanes of at least 4 members (excludes halogenated alkanes) is 5. The van der Waals surface area contributed by atoms with Crippen LogP contribution in [-0.2, 0) is 4.79 Å². The van der Waals surface area contributed by atoms with Crippen LogP contribution in [-0.4, -0.2) is 20.0 Å². The predicted octanol–water partition coefficient (Wildman–Crippen LogP) is 4.44. The van der Waals surface area contributed by atoms with Crippen LogP contribution in [0.25, 0.3) is 0 Å². The molecule has 0 radical (unpaired) electrons. The van der Waals surface area contributed by atoms with Crippen LogP contribution in [0.4, 0.5) is 11.4 Å². The van der Waals surface area contributed by atoms with Crippen molar-refractivity contribution < 1.29 is 4.79 Å². The Kier molecular flexibility index (Phi) is 7.78. The topological polar surface area (TPSA) is 32.3 Å². The van der Waals surface area contributed by atoms with Gasteiger partial charge in [-0.2, -0.15) is 0 Å². The van der Waals surface area contributed by atoms with Crippen molar-refractivity contribution in [2.75, 3.05) is 24.3 Å². The number of benzene rings is 1. The van der Waals surface area contributed by atoms with Crippen LogP contribution in [0.3, 0.4) is 0 Å². The van der Waals surface area contributed by atoms with E-state index < -0.39 is 0 Å². The summed E-state index contributed by atoms with van der Waals surface area (Å²) in [6.07, 6.45) is 7.90. The van der Waals surface area contributed by atoms with Crippen molar-refractivity contribution in [2.45, 2.75) is 51.9 Å². The summed E-state index contributed by atoms with van der Waals surface area (Å²) < 4.78 is 0. The summed E-state index contributed by atoms with van der Waals surface area (Å²) in [5.74, 6) is 0.123. The normalized spacial score (nSPS) is 10.3. The Morgan fingerprint density at radius 3 is 2.20 bits per heavy atom. The van der Waals surface area contributed by atoms with Gasteiger partial charge in [0.15, 0.2) is 0 Å². The van der Waals surface area contributed by atoms with Gasteiger partial charge in [-0.25, -0.2) is 0 Å². The zero-order valence-corrected chi connectivity index (χ0v) is 13.1. The standard InChI is InChI=1S/C17H28N2O/c1-4-5-6-7-8-9-10-17(20)18-15-11-13-16(14-12-15)19(2)3/h11-14H,4-10H2,1-3H3,(H,18,20). The molecule has 1 N–H and O–H groups in total. The van der Waals surface area contributed by atoms with E-state index in [1.54, 1.807) is 0 Å². The first kappa shape index (κ1) is 16.5. The van der Waals surface area contributed by atoms with Crippen LogP contribution >= 0.6 is 0 Å². The molecule has 0 aliphatic carbocycles. The van der Waals surface area contributed by atoms with Crippen molar-refractivity contribution in [2.24, 2.45) is 0 Å². The quantitative estimate of drug-likeness (QED) is 0.676.